The maximum atomic E-state index is 10.5. The third-order valence-corrected chi connectivity index (χ3v) is 4.54. The fourth-order valence-corrected chi connectivity index (χ4v) is 2.79. The molecule has 0 aliphatic carbocycles. The molecule has 2 nitrogen and oxygen atoms in total. The van der Waals surface area contributed by atoms with Gasteiger partial charge >= 0.3 is 0 Å². The van der Waals surface area contributed by atoms with Gasteiger partial charge in [-0.3, -0.25) is 4.90 Å². The summed E-state index contributed by atoms with van der Waals surface area (Å²) in [5.41, 5.74) is 1.02. The molecule has 0 amide bonds. The smallest absolute Gasteiger partial charge is 0.0942 e. The Balaban J connectivity index is 2.01. The van der Waals surface area contributed by atoms with Crippen molar-refractivity contribution in [3.05, 3.63) is 35.9 Å². The first-order chi connectivity index (χ1) is 8.59. The summed E-state index contributed by atoms with van der Waals surface area (Å²) < 4.78 is 0. The lowest BCUT2D eigenvalue weighted by atomic mass is 9.87. The van der Waals surface area contributed by atoms with Crippen LogP contribution >= 0.6 is 0 Å². The van der Waals surface area contributed by atoms with Gasteiger partial charge in [-0.15, -0.1) is 0 Å². The Morgan fingerprint density at radius 2 is 1.83 bits per heavy atom. The van der Waals surface area contributed by atoms with Crippen LogP contribution in [0.4, 0.5) is 0 Å². The lowest BCUT2D eigenvalue weighted by Crippen LogP contribution is -2.45. The number of hydrogen-bond donors (Lipinski definition) is 1. The van der Waals surface area contributed by atoms with Gasteiger partial charge in [-0.1, -0.05) is 44.2 Å². The molecule has 4 atom stereocenters. The number of piperidine rings is 1. The van der Waals surface area contributed by atoms with Crippen LogP contribution in [0.25, 0.3) is 0 Å². The molecule has 1 aliphatic heterocycles. The van der Waals surface area contributed by atoms with Crippen LogP contribution in [0.5, 0.6) is 0 Å². The van der Waals surface area contributed by atoms with E-state index in [1.807, 2.05) is 30.3 Å². The SMILES string of the molecule is CC1CCN(C(C)C(O)c2ccccc2)CC1C. The predicted molar refractivity (Wildman–Crippen MR) is 75.4 cm³/mol. The first kappa shape index (κ1) is 13.6. The van der Waals surface area contributed by atoms with Gasteiger partial charge < -0.3 is 5.11 Å². The zero-order valence-corrected chi connectivity index (χ0v) is 11.7. The van der Waals surface area contributed by atoms with E-state index in [-0.39, 0.29) is 12.1 Å². The van der Waals surface area contributed by atoms with E-state index in [2.05, 4.69) is 25.7 Å². The van der Waals surface area contributed by atoms with Crippen molar-refractivity contribution in [3.63, 3.8) is 0 Å². The molecular weight excluding hydrogens is 222 g/mol. The molecule has 1 aromatic carbocycles. The summed E-state index contributed by atoms with van der Waals surface area (Å²) in [6.45, 7) is 9.00. The highest BCUT2D eigenvalue weighted by molar-refractivity contribution is 5.18. The van der Waals surface area contributed by atoms with Crippen molar-refractivity contribution in [1.82, 2.24) is 4.90 Å². The monoisotopic (exact) mass is 247 g/mol. The number of rotatable bonds is 3. The van der Waals surface area contributed by atoms with Crippen LogP contribution in [0.1, 0.15) is 38.9 Å². The summed E-state index contributed by atoms with van der Waals surface area (Å²) >= 11 is 0. The van der Waals surface area contributed by atoms with Crippen molar-refractivity contribution < 1.29 is 5.11 Å². The van der Waals surface area contributed by atoms with E-state index in [9.17, 15) is 5.11 Å². The second-order valence-corrected chi connectivity index (χ2v) is 5.83. The quantitative estimate of drug-likeness (QED) is 0.887. The minimum atomic E-state index is -0.383. The summed E-state index contributed by atoms with van der Waals surface area (Å²) in [7, 11) is 0. The van der Waals surface area contributed by atoms with E-state index in [4.69, 9.17) is 0 Å². The normalized spacial score (nSPS) is 28.9. The van der Waals surface area contributed by atoms with Crippen LogP contribution in [0.2, 0.25) is 0 Å². The molecule has 1 saturated heterocycles. The zero-order valence-electron chi connectivity index (χ0n) is 11.7. The number of nitrogens with zero attached hydrogens (tertiary/aromatic N) is 1. The van der Waals surface area contributed by atoms with Gasteiger partial charge in [0.1, 0.15) is 0 Å². The summed E-state index contributed by atoms with van der Waals surface area (Å²) in [6, 6.07) is 10.2. The first-order valence-electron chi connectivity index (χ1n) is 7.06. The summed E-state index contributed by atoms with van der Waals surface area (Å²) in [5.74, 6) is 1.53. The van der Waals surface area contributed by atoms with Crippen molar-refractivity contribution in [2.24, 2.45) is 11.8 Å². The van der Waals surface area contributed by atoms with Crippen LogP contribution < -0.4 is 0 Å². The molecule has 2 heteroatoms. The topological polar surface area (TPSA) is 23.5 Å². The van der Waals surface area contributed by atoms with E-state index in [0.29, 0.717) is 0 Å². The van der Waals surface area contributed by atoms with E-state index in [1.165, 1.54) is 6.42 Å². The summed E-state index contributed by atoms with van der Waals surface area (Å²) in [4.78, 5) is 2.43. The van der Waals surface area contributed by atoms with E-state index >= 15 is 0 Å². The standard InChI is InChI=1S/C16H25NO/c1-12-9-10-17(11-13(12)2)14(3)16(18)15-7-5-4-6-8-15/h4-8,12-14,16,18H,9-11H2,1-3H3. The van der Waals surface area contributed by atoms with E-state index in [1.54, 1.807) is 0 Å². The van der Waals surface area contributed by atoms with Crippen molar-refractivity contribution in [3.8, 4) is 0 Å². The maximum absolute atomic E-state index is 10.5. The lowest BCUT2D eigenvalue weighted by molar-refractivity contribution is 0.0222. The van der Waals surface area contributed by atoms with Crippen LogP contribution in [-0.2, 0) is 0 Å². The highest BCUT2D eigenvalue weighted by Crippen LogP contribution is 2.28. The van der Waals surface area contributed by atoms with Gasteiger partial charge in [0.05, 0.1) is 6.10 Å². The molecule has 0 saturated carbocycles. The third kappa shape index (κ3) is 2.93. The molecule has 0 aromatic heterocycles. The molecule has 1 fully saturated rings. The average molecular weight is 247 g/mol. The number of hydrogen-bond acceptors (Lipinski definition) is 2. The van der Waals surface area contributed by atoms with E-state index < -0.39 is 0 Å². The Kier molecular flexibility index (Phi) is 4.41. The van der Waals surface area contributed by atoms with Crippen LogP contribution in [-0.4, -0.2) is 29.1 Å². The Labute approximate surface area is 111 Å². The second-order valence-electron chi connectivity index (χ2n) is 5.83. The molecule has 18 heavy (non-hydrogen) atoms. The van der Waals surface area contributed by atoms with Crippen molar-refractivity contribution >= 4 is 0 Å². The van der Waals surface area contributed by atoms with Gasteiger partial charge in [-0.2, -0.15) is 0 Å². The number of aliphatic hydroxyl groups excluding tert-OH is 1. The second kappa shape index (κ2) is 5.85. The van der Waals surface area contributed by atoms with Crippen molar-refractivity contribution in [2.75, 3.05) is 13.1 Å². The van der Waals surface area contributed by atoms with Crippen LogP contribution in [0.3, 0.4) is 0 Å². The molecule has 0 spiro atoms. The molecule has 0 bridgehead atoms. The van der Waals surface area contributed by atoms with Gasteiger partial charge in [0.25, 0.3) is 0 Å². The maximum Gasteiger partial charge on any atom is 0.0942 e. The van der Waals surface area contributed by atoms with Gasteiger partial charge in [0.2, 0.25) is 0 Å². The molecule has 0 radical (unpaired) electrons. The Morgan fingerprint density at radius 3 is 2.44 bits per heavy atom. The zero-order chi connectivity index (χ0) is 13.1. The van der Waals surface area contributed by atoms with Gasteiger partial charge in [-0.25, -0.2) is 0 Å². The van der Waals surface area contributed by atoms with Crippen molar-refractivity contribution in [1.29, 1.82) is 0 Å². The van der Waals surface area contributed by atoms with E-state index in [0.717, 1.165) is 30.5 Å². The minimum Gasteiger partial charge on any atom is -0.387 e. The van der Waals surface area contributed by atoms with Crippen LogP contribution in [0, 0.1) is 11.8 Å². The Morgan fingerprint density at radius 1 is 1.17 bits per heavy atom. The Hall–Kier alpha value is -0.860. The average Bonchev–Trinajstić information content (AvgIpc) is 2.41. The first-order valence-corrected chi connectivity index (χ1v) is 7.06. The molecule has 100 valence electrons. The largest absolute Gasteiger partial charge is 0.387 e. The number of benzene rings is 1. The molecule has 1 N–H and O–H groups in total. The highest BCUT2D eigenvalue weighted by atomic mass is 16.3. The van der Waals surface area contributed by atoms with Gasteiger partial charge in [0, 0.05) is 12.6 Å². The lowest BCUT2D eigenvalue weighted by Gasteiger charge is -2.40. The van der Waals surface area contributed by atoms with Crippen molar-refractivity contribution in [2.45, 2.75) is 39.3 Å². The minimum absolute atomic E-state index is 0.197. The number of aliphatic hydroxyl groups is 1. The van der Waals surface area contributed by atoms with Gasteiger partial charge in [-0.05, 0) is 37.3 Å². The third-order valence-electron chi connectivity index (χ3n) is 4.54. The highest BCUT2D eigenvalue weighted by Gasteiger charge is 2.29. The fraction of sp³-hybridized carbons (Fsp3) is 0.625. The van der Waals surface area contributed by atoms with Crippen LogP contribution in [0.15, 0.2) is 30.3 Å². The number of likely N-dealkylation sites (tertiary alicyclic amines) is 1. The van der Waals surface area contributed by atoms with Gasteiger partial charge in [0.15, 0.2) is 0 Å². The molecule has 2 rings (SSSR count). The molecule has 4 unspecified atom stereocenters. The molecule has 1 heterocycles. The fourth-order valence-electron chi connectivity index (χ4n) is 2.79. The summed E-state index contributed by atoms with van der Waals surface area (Å²) in [6.07, 6.45) is 0.860. The predicted octanol–water partition coefficient (Wildman–Crippen LogP) is 3.09. The molecule has 1 aromatic rings. The molecule has 1 aliphatic rings. The molecular formula is C16H25NO. The summed E-state index contributed by atoms with van der Waals surface area (Å²) in [5, 5.41) is 10.5. The Bertz CT molecular complexity index is 365.